The smallest absolute Gasteiger partial charge is 0.138 e. The van der Waals surface area contributed by atoms with Crippen LogP contribution in [-0.4, -0.2) is 11.7 Å². The fourth-order valence-electron chi connectivity index (χ4n) is 1.64. The Labute approximate surface area is 95.3 Å². The van der Waals surface area contributed by atoms with Crippen LogP contribution in [0.25, 0.3) is 0 Å². The first-order chi connectivity index (χ1) is 7.27. The summed E-state index contributed by atoms with van der Waals surface area (Å²) in [6, 6.07) is 5.45. The molecule has 0 bridgehead atoms. The number of phenolic OH excluding ortho intramolecular Hbond substituents is 1. The van der Waals surface area contributed by atoms with Gasteiger partial charge in [-0.25, -0.2) is 0 Å². The fraction of sp³-hybridized carbons (Fsp3) is 0.500. The van der Waals surface area contributed by atoms with Gasteiger partial charge in [0.15, 0.2) is 0 Å². The molecule has 15 heavy (non-hydrogen) atoms. The summed E-state index contributed by atoms with van der Waals surface area (Å²) in [6.07, 6.45) is 4.04. The molecular formula is C12H16ClNO. The number of halogens is 1. The van der Waals surface area contributed by atoms with Crippen LogP contribution in [0.4, 0.5) is 0 Å². The lowest BCUT2D eigenvalue weighted by Gasteiger charge is -2.07. The van der Waals surface area contributed by atoms with Gasteiger partial charge < -0.3 is 10.4 Å². The predicted octanol–water partition coefficient (Wildman–Crippen LogP) is 2.94. The summed E-state index contributed by atoms with van der Waals surface area (Å²) in [5.74, 6) is 1.16. The van der Waals surface area contributed by atoms with Crippen molar-refractivity contribution in [3.8, 4) is 5.75 Å². The van der Waals surface area contributed by atoms with Crippen molar-refractivity contribution in [2.24, 2.45) is 5.92 Å². The summed E-state index contributed by atoms with van der Waals surface area (Å²) < 4.78 is 0. The van der Waals surface area contributed by atoms with E-state index >= 15 is 0 Å². The lowest BCUT2D eigenvalue weighted by Crippen LogP contribution is -2.15. The Morgan fingerprint density at radius 1 is 1.40 bits per heavy atom. The lowest BCUT2D eigenvalue weighted by atomic mass is 10.2. The van der Waals surface area contributed by atoms with Gasteiger partial charge in [-0.05, 0) is 24.9 Å². The first kappa shape index (κ1) is 10.8. The van der Waals surface area contributed by atoms with E-state index in [-0.39, 0.29) is 5.75 Å². The summed E-state index contributed by atoms with van der Waals surface area (Å²) >= 11 is 5.81. The van der Waals surface area contributed by atoms with Gasteiger partial charge in [0.1, 0.15) is 5.75 Å². The predicted molar refractivity (Wildman–Crippen MR) is 62.2 cm³/mol. The Bertz CT molecular complexity index is 336. The van der Waals surface area contributed by atoms with Crippen molar-refractivity contribution in [3.63, 3.8) is 0 Å². The van der Waals surface area contributed by atoms with Crippen LogP contribution in [0.3, 0.4) is 0 Å². The summed E-state index contributed by atoms with van der Waals surface area (Å²) in [4.78, 5) is 0. The highest BCUT2D eigenvalue weighted by atomic mass is 35.5. The second-order valence-corrected chi connectivity index (χ2v) is 4.56. The molecule has 0 spiro atoms. The van der Waals surface area contributed by atoms with E-state index in [1.807, 2.05) is 12.1 Å². The lowest BCUT2D eigenvalue weighted by molar-refractivity contribution is 0.464. The second-order valence-electron chi connectivity index (χ2n) is 4.16. The van der Waals surface area contributed by atoms with Crippen LogP contribution < -0.4 is 5.32 Å². The van der Waals surface area contributed by atoms with Gasteiger partial charge in [0.25, 0.3) is 0 Å². The zero-order valence-electron chi connectivity index (χ0n) is 8.67. The minimum atomic E-state index is 0.207. The molecule has 0 amide bonds. The number of hydrogen-bond acceptors (Lipinski definition) is 2. The molecule has 2 nitrogen and oxygen atoms in total. The van der Waals surface area contributed by atoms with Gasteiger partial charge in [0, 0.05) is 12.1 Å². The Hall–Kier alpha value is -0.730. The summed E-state index contributed by atoms with van der Waals surface area (Å²) in [5.41, 5.74) is 0.873. The highest BCUT2D eigenvalue weighted by Crippen LogP contribution is 2.32. The van der Waals surface area contributed by atoms with E-state index in [1.165, 1.54) is 19.3 Å². The number of rotatable bonds is 5. The van der Waals surface area contributed by atoms with Gasteiger partial charge in [0.05, 0.1) is 5.02 Å². The topological polar surface area (TPSA) is 32.3 Å². The summed E-state index contributed by atoms with van der Waals surface area (Å²) in [6.45, 7) is 1.72. The number of hydrogen-bond donors (Lipinski definition) is 2. The van der Waals surface area contributed by atoms with E-state index < -0.39 is 0 Å². The Morgan fingerprint density at radius 2 is 2.20 bits per heavy atom. The molecule has 0 saturated heterocycles. The van der Waals surface area contributed by atoms with Gasteiger partial charge in [-0.15, -0.1) is 0 Å². The van der Waals surface area contributed by atoms with Crippen molar-refractivity contribution in [2.45, 2.75) is 25.8 Å². The number of phenols is 1. The highest BCUT2D eigenvalue weighted by Gasteiger charge is 2.19. The molecule has 0 aromatic heterocycles. The van der Waals surface area contributed by atoms with Crippen LogP contribution in [0.1, 0.15) is 24.8 Å². The zero-order valence-corrected chi connectivity index (χ0v) is 9.43. The standard InChI is InChI=1S/C12H16ClNO/c13-11-3-1-2-10(12(11)15)8-14-7-6-9-4-5-9/h1-3,9,14-15H,4-8H2. The summed E-state index contributed by atoms with van der Waals surface area (Å²) in [7, 11) is 0. The molecular weight excluding hydrogens is 210 g/mol. The second kappa shape index (κ2) is 4.86. The molecule has 0 radical (unpaired) electrons. The van der Waals surface area contributed by atoms with Crippen molar-refractivity contribution in [2.75, 3.05) is 6.54 Å². The molecule has 1 aromatic rings. The van der Waals surface area contributed by atoms with E-state index in [9.17, 15) is 5.11 Å². The van der Waals surface area contributed by atoms with Gasteiger partial charge in [-0.3, -0.25) is 0 Å². The van der Waals surface area contributed by atoms with E-state index in [4.69, 9.17) is 11.6 Å². The highest BCUT2D eigenvalue weighted by molar-refractivity contribution is 6.32. The average Bonchev–Trinajstić information content (AvgIpc) is 3.02. The third-order valence-corrected chi connectivity index (χ3v) is 3.12. The molecule has 1 aliphatic rings. The SMILES string of the molecule is Oc1c(Cl)cccc1CNCCC1CC1. The maximum Gasteiger partial charge on any atom is 0.138 e. The molecule has 1 aromatic carbocycles. The number of nitrogens with one attached hydrogen (secondary N) is 1. The van der Waals surface area contributed by atoms with Crippen LogP contribution in [0, 0.1) is 5.92 Å². The van der Waals surface area contributed by atoms with Gasteiger partial charge >= 0.3 is 0 Å². The van der Waals surface area contributed by atoms with Crippen molar-refractivity contribution < 1.29 is 5.11 Å². The summed E-state index contributed by atoms with van der Waals surface area (Å²) in [5, 5.41) is 13.4. The van der Waals surface area contributed by atoms with E-state index in [0.717, 1.165) is 18.0 Å². The normalized spacial score (nSPS) is 15.5. The maximum atomic E-state index is 9.65. The molecule has 0 unspecified atom stereocenters. The first-order valence-electron chi connectivity index (χ1n) is 5.44. The Morgan fingerprint density at radius 3 is 2.93 bits per heavy atom. The number of aromatic hydroxyl groups is 1. The van der Waals surface area contributed by atoms with Crippen LogP contribution in [0.2, 0.25) is 5.02 Å². The molecule has 1 saturated carbocycles. The fourth-order valence-corrected chi connectivity index (χ4v) is 1.83. The van der Waals surface area contributed by atoms with E-state index in [0.29, 0.717) is 11.6 Å². The largest absolute Gasteiger partial charge is 0.506 e. The third kappa shape index (κ3) is 3.11. The van der Waals surface area contributed by atoms with Gasteiger partial charge in [0.2, 0.25) is 0 Å². The molecule has 82 valence electrons. The maximum absolute atomic E-state index is 9.65. The van der Waals surface area contributed by atoms with Crippen molar-refractivity contribution in [1.82, 2.24) is 5.32 Å². The molecule has 1 aliphatic carbocycles. The van der Waals surface area contributed by atoms with Crippen molar-refractivity contribution in [3.05, 3.63) is 28.8 Å². The van der Waals surface area contributed by atoms with Crippen LogP contribution in [0.5, 0.6) is 5.75 Å². The minimum absolute atomic E-state index is 0.207. The van der Waals surface area contributed by atoms with Crippen LogP contribution in [0.15, 0.2) is 18.2 Å². The van der Waals surface area contributed by atoms with E-state index in [1.54, 1.807) is 6.07 Å². The number of benzene rings is 1. The molecule has 0 atom stereocenters. The Kier molecular flexibility index (Phi) is 3.49. The molecule has 2 rings (SSSR count). The van der Waals surface area contributed by atoms with Crippen molar-refractivity contribution >= 4 is 11.6 Å². The average molecular weight is 226 g/mol. The first-order valence-corrected chi connectivity index (χ1v) is 5.82. The monoisotopic (exact) mass is 225 g/mol. The number of para-hydroxylation sites is 1. The minimum Gasteiger partial charge on any atom is -0.506 e. The molecule has 1 fully saturated rings. The van der Waals surface area contributed by atoms with Gasteiger partial charge in [-0.1, -0.05) is 36.6 Å². The quantitative estimate of drug-likeness (QED) is 0.756. The Balaban J connectivity index is 1.78. The zero-order chi connectivity index (χ0) is 10.7. The van der Waals surface area contributed by atoms with Gasteiger partial charge in [-0.2, -0.15) is 0 Å². The molecule has 0 heterocycles. The third-order valence-electron chi connectivity index (χ3n) is 2.81. The molecule has 3 heteroatoms. The van der Waals surface area contributed by atoms with E-state index in [2.05, 4.69) is 5.32 Å². The van der Waals surface area contributed by atoms with Crippen LogP contribution in [-0.2, 0) is 6.54 Å². The molecule has 2 N–H and O–H groups in total. The molecule has 0 aliphatic heterocycles. The van der Waals surface area contributed by atoms with Crippen LogP contribution >= 0.6 is 11.6 Å². The van der Waals surface area contributed by atoms with Crippen molar-refractivity contribution in [1.29, 1.82) is 0 Å².